The van der Waals surface area contributed by atoms with Gasteiger partial charge in [-0.15, -0.1) is 0 Å². The van der Waals surface area contributed by atoms with Crippen LogP contribution in [0.5, 0.6) is 0 Å². The van der Waals surface area contributed by atoms with Gasteiger partial charge in [-0.25, -0.2) is 4.98 Å². The van der Waals surface area contributed by atoms with Gasteiger partial charge in [0.1, 0.15) is 5.82 Å². The van der Waals surface area contributed by atoms with Crippen LogP contribution in [0.3, 0.4) is 0 Å². The molecule has 0 amide bonds. The van der Waals surface area contributed by atoms with Gasteiger partial charge in [0, 0.05) is 6.61 Å². The Bertz CT molecular complexity index is 283. The lowest BCUT2D eigenvalue weighted by molar-refractivity contribution is 0.0300. The van der Waals surface area contributed by atoms with E-state index in [0.29, 0.717) is 19.0 Å². The Labute approximate surface area is 82.3 Å². The third kappa shape index (κ3) is 2.40. The maximum absolute atomic E-state index is 5.56. The van der Waals surface area contributed by atoms with Crippen LogP contribution < -0.4 is 5.73 Å². The highest BCUT2D eigenvalue weighted by molar-refractivity contribution is 5.22. The number of hydrogen-bond donors (Lipinski definition) is 1. The van der Waals surface area contributed by atoms with Crippen molar-refractivity contribution in [3.05, 3.63) is 18.1 Å². The molecule has 1 unspecified atom stereocenters. The van der Waals surface area contributed by atoms with Gasteiger partial charge >= 0.3 is 0 Å². The topological polar surface area (TPSA) is 70.3 Å². The number of hydrogen-bond acceptors (Lipinski definition) is 5. The van der Waals surface area contributed by atoms with Crippen molar-refractivity contribution in [2.75, 3.05) is 18.9 Å². The lowest BCUT2D eigenvalue weighted by atomic mass is 10.3. The number of ether oxygens (including phenoxy) is 2. The average molecular weight is 195 g/mol. The van der Waals surface area contributed by atoms with E-state index in [1.54, 1.807) is 6.20 Å². The molecule has 2 N–H and O–H groups in total. The van der Waals surface area contributed by atoms with E-state index in [1.165, 1.54) is 6.20 Å². The van der Waals surface area contributed by atoms with Crippen LogP contribution in [-0.4, -0.2) is 29.3 Å². The van der Waals surface area contributed by atoms with Crippen LogP contribution in [0.25, 0.3) is 0 Å². The fourth-order valence-electron chi connectivity index (χ4n) is 1.29. The zero-order valence-electron chi connectivity index (χ0n) is 7.85. The van der Waals surface area contributed by atoms with Gasteiger partial charge in [-0.1, -0.05) is 0 Å². The number of nitrogens with two attached hydrogens (primary N) is 1. The molecule has 1 fully saturated rings. The molecule has 5 nitrogen and oxygen atoms in total. The molecule has 1 saturated heterocycles. The number of nitrogens with zero attached hydrogens (tertiary/aromatic N) is 2. The Balaban J connectivity index is 1.82. The van der Waals surface area contributed by atoms with Crippen LogP contribution in [0.15, 0.2) is 12.4 Å². The van der Waals surface area contributed by atoms with Crippen LogP contribution in [0.1, 0.15) is 12.1 Å². The average Bonchev–Trinajstić information content (AvgIpc) is 2.70. The Hall–Kier alpha value is -1.20. The van der Waals surface area contributed by atoms with Gasteiger partial charge in [0.05, 0.1) is 37.4 Å². The van der Waals surface area contributed by atoms with Crippen LogP contribution in [-0.2, 0) is 16.1 Å². The molecule has 2 rings (SSSR count). The second-order valence-corrected chi connectivity index (χ2v) is 3.23. The summed E-state index contributed by atoms with van der Waals surface area (Å²) in [6, 6.07) is 0. The maximum Gasteiger partial charge on any atom is 0.141 e. The van der Waals surface area contributed by atoms with Gasteiger partial charge in [0.15, 0.2) is 0 Å². The van der Waals surface area contributed by atoms with Crippen molar-refractivity contribution in [1.82, 2.24) is 9.97 Å². The third-order valence-electron chi connectivity index (χ3n) is 2.08. The molecule has 0 spiro atoms. The normalized spacial score (nSPS) is 21.3. The van der Waals surface area contributed by atoms with Crippen molar-refractivity contribution >= 4 is 5.82 Å². The van der Waals surface area contributed by atoms with Crippen molar-refractivity contribution in [2.24, 2.45) is 0 Å². The molecule has 1 aromatic rings. The van der Waals surface area contributed by atoms with Gasteiger partial charge < -0.3 is 15.2 Å². The van der Waals surface area contributed by atoms with Gasteiger partial charge in [-0.3, -0.25) is 4.98 Å². The minimum Gasteiger partial charge on any atom is -0.382 e. The summed E-state index contributed by atoms with van der Waals surface area (Å²) in [6.45, 7) is 1.95. The highest BCUT2D eigenvalue weighted by atomic mass is 16.5. The second kappa shape index (κ2) is 4.34. The smallest absolute Gasteiger partial charge is 0.141 e. The van der Waals surface area contributed by atoms with Crippen molar-refractivity contribution in [3.8, 4) is 0 Å². The first-order valence-electron chi connectivity index (χ1n) is 4.60. The minimum atomic E-state index is 0.203. The molecular formula is C9H13N3O2. The van der Waals surface area contributed by atoms with E-state index in [9.17, 15) is 0 Å². The maximum atomic E-state index is 5.56. The molecule has 2 heterocycles. The number of nitrogen functional groups attached to an aromatic ring is 1. The Morgan fingerprint density at radius 2 is 2.43 bits per heavy atom. The summed E-state index contributed by atoms with van der Waals surface area (Å²) in [4.78, 5) is 8.01. The van der Waals surface area contributed by atoms with E-state index >= 15 is 0 Å². The molecule has 1 aliphatic heterocycles. The zero-order valence-corrected chi connectivity index (χ0v) is 7.85. The van der Waals surface area contributed by atoms with Gasteiger partial charge in [-0.05, 0) is 6.42 Å². The standard InChI is InChI=1S/C9H13N3O2/c10-9-4-11-7(3-12-9)5-14-8-1-2-13-6-8/h3-4,8H,1-2,5-6H2,(H2,10,12). The molecule has 0 aliphatic carbocycles. The summed E-state index contributed by atoms with van der Waals surface area (Å²) in [5.74, 6) is 0.429. The van der Waals surface area contributed by atoms with Crippen LogP contribution in [0.4, 0.5) is 5.82 Å². The van der Waals surface area contributed by atoms with E-state index in [0.717, 1.165) is 18.7 Å². The van der Waals surface area contributed by atoms with Crippen molar-refractivity contribution in [3.63, 3.8) is 0 Å². The molecule has 1 atom stereocenters. The van der Waals surface area contributed by atoms with Crippen molar-refractivity contribution in [1.29, 1.82) is 0 Å². The summed E-state index contributed by atoms with van der Waals surface area (Å²) in [7, 11) is 0. The summed E-state index contributed by atoms with van der Waals surface area (Å²) in [5, 5.41) is 0. The second-order valence-electron chi connectivity index (χ2n) is 3.23. The molecule has 0 bridgehead atoms. The Morgan fingerprint density at radius 1 is 1.50 bits per heavy atom. The Morgan fingerprint density at radius 3 is 3.07 bits per heavy atom. The van der Waals surface area contributed by atoms with Gasteiger partial charge in [-0.2, -0.15) is 0 Å². The number of anilines is 1. The van der Waals surface area contributed by atoms with Crippen molar-refractivity contribution < 1.29 is 9.47 Å². The minimum absolute atomic E-state index is 0.203. The molecule has 5 heteroatoms. The molecular weight excluding hydrogens is 182 g/mol. The molecule has 0 aromatic carbocycles. The van der Waals surface area contributed by atoms with E-state index in [-0.39, 0.29) is 6.10 Å². The van der Waals surface area contributed by atoms with Crippen LogP contribution in [0.2, 0.25) is 0 Å². The predicted molar refractivity (Wildman–Crippen MR) is 50.5 cm³/mol. The molecule has 1 aliphatic rings. The summed E-state index contributed by atoms with van der Waals surface area (Å²) >= 11 is 0. The Kier molecular flexibility index (Phi) is 2.90. The lowest BCUT2D eigenvalue weighted by Gasteiger charge is -2.08. The van der Waals surface area contributed by atoms with Gasteiger partial charge in [0.25, 0.3) is 0 Å². The van der Waals surface area contributed by atoms with E-state index in [1.807, 2.05) is 0 Å². The zero-order chi connectivity index (χ0) is 9.80. The first-order valence-corrected chi connectivity index (χ1v) is 4.60. The first-order chi connectivity index (χ1) is 6.84. The highest BCUT2D eigenvalue weighted by Crippen LogP contribution is 2.10. The van der Waals surface area contributed by atoms with E-state index in [2.05, 4.69) is 9.97 Å². The fraction of sp³-hybridized carbons (Fsp3) is 0.556. The van der Waals surface area contributed by atoms with Gasteiger partial charge in [0.2, 0.25) is 0 Å². The fourth-order valence-corrected chi connectivity index (χ4v) is 1.29. The lowest BCUT2D eigenvalue weighted by Crippen LogP contribution is -2.12. The quantitative estimate of drug-likeness (QED) is 0.754. The molecule has 0 saturated carbocycles. The molecule has 14 heavy (non-hydrogen) atoms. The number of rotatable bonds is 3. The van der Waals surface area contributed by atoms with Crippen LogP contribution >= 0.6 is 0 Å². The third-order valence-corrected chi connectivity index (χ3v) is 2.08. The monoisotopic (exact) mass is 195 g/mol. The molecule has 1 aromatic heterocycles. The number of aromatic nitrogens is 2. The molecule has 0 radical (unpaired) electrons. The van der Waals surface area contributed by atoms with Crippen molar-refractivity contribution in [2.45, 2.75) is 19.1 Å². The predicted octanol–water partition coefficient (Wildman–Crippen LogP) is 0.364. The summed E-state index contributed by atoms with van der Waals surface area (Å²) in [6.07, 6.45) is 4.33. The van der Waals surface area contributed by atoms with E-state index in [4.69, 9.17) is 15.2 Å². The summed E-state index contributed by atoms with van der Waals surface area (Å²) in [5.41, 5.74) is 6.21. The first kappa shape index (κ1) is 9.36. The summed E-state index contributed by atoms with van der Waals surface area (Å²) < 4.78 is 10.7. The van der Waals surface area contributed by atoms with Crippen LogP contribution in [0, 0.1) is 0 Å². The van der Waals surface area contributed by atoms with E-state index < -0.39 is 0 Å². The molecule has 76 valence electrons. The highest BCUT2D eigenvalue weighted by Gasteiger charge is 2.15. The SMILES string of the molecule is Nc1cnc(COC2CCOC2)cn1. The largest absolute Gasteiger partial charge is 0.382 e.